The maximum Gasteiger partial charge on any atom is 0.0967 e. The van der Waals surface area contributed by atoms with Crippen molar-refractivity contribution < 1.29 is 10.2 Å². The summed E-state index contributed by atoms with van der Waals surface area (Å²) in [6, 6.07) is 22.9. The number of hydrogen-bond acceptors (Lipinski definition) is 0. The van der Waals surface area contributed by atoms with Crippen molar-refractivity contribution in [2.45, 2.75) is 44.6 Å². The van der Waals surface area contributed by atoms with E-state index in [1.807, 2.05) is 4.90 Å². The van der Waals surface area contributed by atoms with Crippen LogP contribution in [0.15, 0.2) is 60.7 Å². The van der Waals surface area contributed by atoms with E-state index in [4.69, 9.17) is 0 Å². The van der Waals surface area contributed by atoms with E-state index >= 15 is 0 Å². The average molecular weight is 339 g/mol. The van der Waals surface area contributed by atoms with Gasteiger partial charge in [0.15, 0.2) is 0 Å². The monoisotopic (exact) mass is 338 g/mol. The highest BCUT2D eigenvalue weighted by Crippen LogP contribution is 2.26. The van der Waals surface area contributed by atoms with Crippen LogP contribution in [0.5, 0.6) is 0 Å². The summed E-state index contributed by atoms with van der Waals surface area (Å²) in [6.07, 6.45) is 5.31. The third kappa shape index (κ3) is 5.42. The first kappa shape index (κ1) is 18.2. The van der Waals surface area contributed by atoms with Crippen LogP contribution in [0.3, 0.4) is 0 Å². The van der Waals surface area contributed by atoms with Gasteiger partial charge in [-0.3, -0.25) is 0 Å². The van der Waals surface area contributed by atoms with E-state index in [9.17, 15) is 0 Å². The number of piperidine rings is 1. The van der Waals surface area contributed by atoms with Crippen LogP contribution in [-0.4, -0.2) is 32.2 Å². The van der Waals surface area contributed by atoms with Gasteiger partial charge in [0.25, 0.3) is 0 Å². The van der Waals surface area contributed by atoms with Crippen molar-refractivity contribution in [2.24, 2.45) is 0 Å². The molecule has 0 amide bonds. The summed E-state index contributed by atoms with van der Waals surface area (Å²) < 4.78 is 0. The van der Waals surface area contributed by atoms with Crippen LogP contribution < -0.4 is 10.2 Å². The Kier molecular flexibility index (Phi) is 7.08. The molecule has 1 heterocycles. The number of hydrogen-bond donors (Lipinski definition) is 2. The van der Waals surface area contributed by atoms with Gasteiger partial charge >= 0.3 is 0 Å². The zero-order valence-corrected chi connectivity index (χ0v) is 15.7. The second-order valence-electron chi connectivity index (χ2n) is 7.52. The quantitative estimate of drug-likeness (QED) is 0.737. The molecule has 3 rings (SSSR count). The Balaban J connectivity index is 1.54. The fourth-order valence-corrected chi connectivity index (χ4v) is 4.28. The molecule has 0 radical (unpaired) electrons. The molecule has 1 aliphatic rings. The molecule has 134 valence electrons. The lowest BCUT2D eigenvalue weighted by atomic mass is 9.88. The van der Waals surface area contributed by atoms with Crippen LogP contribution in [0.4, 0.5) is 0 Å². The first-order valence-electron chi connectivity index (χ1n) is 10.1. The molecule has 2 aromatic rings. The molecule has 0 spiro atoms. The van der Waals surface area contributed by atoms with Crippen LogP contribution in [0.1, 0.15) is 49.7 Å². The minimum atomic E-state index is 0.518. The number of nitrogens with two attached hydrogens (primary N) is 1. The molecule has 3 N–H and O–H groups in total. The van der Waals surface area contributed by atoms with E-state index in [2.05, 4.69) is 72.9 Å². The van der Waals surface area contributed by atoms with Gasteiger partial charge in [-0.2, -0.15) is 0 Å². The maximum atomic E-state index is 2.63. The van der Waals surface area contributed by atoms with E-state index in [0.717, 1.165) is 6.04 Å². The lowest BCUT2D eigenvalue weighted by molar-refractivity contribution is -0.913. The molecule has 0 unspecified atom stereocenters. The van der Waals surface area contributed by atoms with Crippen molar-refractivity contribution in [1.82, 2.24) is 0 Å². The Bertz CT molecular complexity index is 549. The number of likely N-dealkylation sites (tertiary alicyclic amines) is 1. The van der Waals surface area contributed by atoms with Gasteiger partial charge in [-0.15, -0.1) is 0 Å². The highest BCUT2D eigenvalue weighted by Gasteiger charge is 2.24. The number of rotatable bonds is 8. The SMILES string of the molecule is CCC[NH+]1CCC([NH2+]CCC(c2ccccc2)c2ccccc2)CC1. The molecular formula is C23H34N2+2. The van der Waals surface area contributed by atoms with Crippen LogP contribution >= 0.6 is 0 Å². The van der Waals surface area contributed by atoms with Crippen molar-refractivity contribution in [3.63, 3.8) is 0 Å². The summed E-state index contributed by atoms with van der Waals surface area (Å²) in [6.45, 7) is 7.63. The molecule has 1 aliphatic heterocycles. The first-order valence-corrected chi connectivity index (χ1v) is 10.1. The molecule has 0 atom stereocenters. The molecule has 0 aromatic heterocycles. The molecule has 0 bridgehead atoms. The Morgan fingerprint density at radius 3 is 2.00 bits per heavy atom. The van der Waals surface area contributed by atoms with Crippen molar-refractivity contribution in [1.29, 1.82) is 0 Å². The van der Waals surface area contributed by atoms with Gasteiger partial charge in [0.2, 0.25) is 0 Å². The van der Waals surface area contributed by atoms with Crippen LogP contribution in [0, 0.1) is 0 Å². The van der Waals surface area contributed by atoms with Crippen LogP contribution in [-0.2, 0) is 0 Å². The van der Waals surface area contributed by atoms with E-state index in [0.29, 0.717) is 5.92 Å². The molecule has 2 heteroatoms. The predicted molar refractivity (Wildman–Crippen MR) is 105 cm³/mol. The fourth-order valence-electron chi connectivity index (χ4n) is 4.28. The molecule has 1 saturated heterocycles. The van der Waals surface area contributed by atoms with Crippen molar-refractivity contribution in [3.8, 4) is 0 Å². The van der Waals surface area contributed by atoms with E-state index in [-0.39, 0.29) is 0 Å². The topological polar surface area (TPSA) is 21.1 Å². The van der Waals surface area contributed by atoms with Crippen LogP contribution in [0.25, 0.3) is 0 Å². The summed E-state index contributed by atoms with van der Waals surface area (Å²) >= 11 is 0. The first-order chi connectivity index (χ1) is 12.4. The fraction of sp³-hybridized carbons (Fsp3) is 0.478. The summed E-state index contributed by atoms with van der Waals surface area (Å²) in [5.41, 5.74) is 2.90. The third-order valence-electron chi connectivity index (χ3n) is 5.70. The molecule has 2 nitrogen and oxygen atoms in total. The molecule has 0 saturated carbocycles. The van der Waals surface area contributed by atoms with E-state index in [1.54, 1.807) is 0 Å². The minimum absolute atomic E-state index is 0.518. The van der Waals surface area contributed by atoms with Gasteiger partial charge in [-0.05, 0) is 17.5 Å². The van der Waals surface area contributed by atoms with Gasteiger partial charge < -0.3 is 10.2 Å². The highest BCUT2D eigenvalue weighted by molar-refractivity contribution is 5.32. The van der Waals surface area contributed by atoms with E-state index < -0.39 is 0 Å². The zero-order chi connectivity index (χ0) is 17.3. The van der Waals surface area contributed by atoms with Gasteiger partial charge in [-0.25, -0.2) is 0 Å². The smallest absolute Gasteiger partial charge is 0.0967 e. The second-order valence-corrected chi connectivity index (χ2v) is 7.52. The summed E-state index contributed by atoms with van der Waals surface area (Å²) in [4.78, 5) is 1.82. The normalized spacial score (nSPS) is 20.7. The van der Waals surface area contributed by atoms with Gasteiger partial charge in [-0.1, -0.05) is 67.6 Å². The van der Waals surface area contributed by atoms with E-state index in [1.165, 1.54) is 63.0 Å². The van der Waals surface area contributed by atoms with Gasteiger partial charge in [0.1, 0.15) is 0 Å². The lowest BCUT2D eigenvalue weighted by Gasteiger charge is -2.28. The standard InChI is InChI=1S/C23H32N2/c1-2-17-25-18-14-22(15-19-25)24-16-13-23(20-9-5-3-6-10-20)21-11-7-4-8-12-21/h3-12,22-24H,2,13-19H2,1H3/p+2. The van der Waals surface area contributed by atoms with Crippen molar-refractivity contribution >= 4 is 0 Å². The molecule has 0 aliphatic carbocycles. The predicted octanol–water partition coefficient (Wildman–Crippen LogP) is 2.23. The molecule has 1 fully saturated rings. The Morgan fingerprint density at radius 2 is 1.48 bits per heavy atom. The Hall–Kier alpha value is -1.64. The average Bonchev–Trinajstić information content (AvgIpc) is 2.68. The largest absolute Gasteiger partial charge is 0.343 e. The van der Waals surface area contributed by atoms with Gasteiger partial charge in [0.05, 0.1) is 32.2 Å². The Labute approximate surface area is 153 Å². The van der Waals surface area contributed by atoms with Crippen molar-refractivity contribution in [2.75, 3.05) is 26.2 Å². The Morgan fingerprint density at radius 1 is 0.920 bits per heavy atom. The summed E-state index contributed by atoms with van der Waals surface area (Å²) in [5, 5.41) is 2.63. The van der Waals surface area contributed by atoms with Crippen molar-refractivity contribution in [3.05, 3.63) is 71.8 Å². The summed E-state index contributed by atoms with van der Waals surface area (Å²) in [7, 11) is 0. The number of nitrogens with one attached hydrogen (secondary N) is 1. The zero-order valence-electron chi connectivity index (χ0n) is 15.7. The molecule has 2 aromatic carbocycles. The molecular weight excluding hydrogens is 304 g/mol. The number of benzene rings is 2. The van der Waals surface area contributed by atoms with Gasteiger partial charge in [0, 0.05) is 25.2 Å². The minimum Gasteiger partial charge on any atom is -0.343 e. The summed E-state index contributed by atoms with van der Waals surface area (Å²) in [5.74, 6) is 0.518. The lowest BCUT2D eigenvalue weighted by Crippen LogP contribution is -3.14. The molecule has 25 heavy (non-hydrogen) atoms. The second kappa shape index (κ2) is 9.74. The number of quaternary nitrogens is 2. The third-order valence-corrected chi connectivity index (χ3v) is 5.70. The van der Waals surface area contributed by atoms with Crippen LogP contribution in [0.2, 0.25) is 0 Å². The maximum absolute atomic E-state index is 2.63. The highest BCUT2D eigenvalue weighted by atomic mass is 15.1.